The summed E-state index contributed by atoms with van der Waals surface area (Å²) >= 11 is 0. The van der Waals surface area contributed by atoms with Gasteiger partial charge in [-0.3, -0.25) is 4.79 Å². The normalized spacial score (nSPS) is 14.0. The summed E-state index contributed by atoms with van der Waals surface area (Å²) in [5, 5.41) is 0. The molecule has 0 spiro atoms. The molecule has 0 bridgehead atoms. The molecule has 0 saturated carbocycles. The number of aryl methyl sites for hydroxylation is 2. The molecule has 1 aliphatic rings. The van der Waals surface area contributed by atoms with E-state index in [1.165, 1.54) is 30.3 Å². The fourth-order valence-corrected chi connectivity index (χ4v) is 4.10. The maximum atomic E-state index is 14.4. The zero-order chi connectivity index (χ0) is 22.7. The number of hydrogen-bond acceptors (Lipinski definition) is 4. The third kappa shape index (κ3) is 4.61. The van der Waals surface area contributed by atoms with Crippen molar-refractivity contribution in [2.24, 2.45) is 0 Å². The van der Waals surface area contributed by atoms with Gasteiger partial charge in [0.25, 0.3) is 5.91 Å². The van der Waals surface area contributed by atoms with Crippen molar-refractivity contribution in [2.75, 3.05) is 31.1 Å². The average molecular weight is 437 g/mol. The van der Waals surface area contributed by atoms with Crippen molar-refractivity contribution in [3.05, 3.63) is 88.4 Å². The van der Waals surface area contributed by atoms with E-state index in [1.807, 2.05) is 19.9 Å². The summed E-state index contributed by atoms with van der Waals surface area (Å²) in [5.41, 5.74) is 2.94. The molecule has 1 fully saturated rings. The molecule has 2 heterocycles. The van der Waals surface area contributed by atoms with E-state index in [1.54, 1.807) is 17.0 Å². The molecule has 1 aliphatic heterocycles. The van der Waals surface area contributed by atoms with E-state index in [0.717, 1.165) is 23.5 Å². The molecule has 0 aliphatic carbocycles. The van der Waals surface area contributed by atoms with Crippen LogP contribution in [0.2, 0.25) is 0 Å². The number of aromatic nitrogens is 2. The molecular weight excluding hydrogens is 410 g/mol. The largest absolute Gasteiger partial charge is 0.353 e. The molecule has 0 N–H and O–H groups in total. The Balaban J connectivity index is 1.56. The average Bonchev–Trinajstić information content (AvgIpc) is 2.81. The molecule has 1 saturated heterocycles. The number of nitrogens with zero attached hydrogens (tertiary/aromatic N) is 4. The van der Waals surface area contributed by atoms with E-state index in [9.17, 15) is 13.6 Å². The van der Waals surface area contributed by atoms with Gasteiger partial charge >= 0.3 is 0 Å². The summed E-state index contributed by atoms with van der Waals surface area (Å²) < 4.78 is 27.5. The first-order valence-electron chi connectivity index (χ1n) is 10.9. The highest BCUT2D eigenvalue weighted by Gasteiger charge is 2.26. The first-order valence-corrected chi connectivity index (χ1v) is 10.9. The van der Waals surface area contributed by atoms with Gasteiger partial charge in [-0.25, -0.2) is 18.7 Å². The molecule has 1 aromatic heterocycles. The van der Waals surface area contributed by atoms with Gasteiger partial charge in [0.2, 0.25) is 0 Å². The Bertz CT molecular complexity index is 1110. The first-order chi connectivity index (χ1) is 15.5. The minimum absolute atomic E-state index is 0.107. The fraction of sp³-hybridized carbons (Fsp3) is 0.320. The zero-order valence-electron chi connectivity index (χ0n) is 18.3. The van der Waals surface area contributed by atoms with Gasteiger partial charge in [-0.15, -0.1) is 0 Å². The summed E-state index contributed by atoms with van der Waals surface area (Å²) in [6, 6.07) is 12.4. The predicted octanol–water partition coefficient (Wildman–Crippen LogP) is 4.18. The number of piperazine rings is 1. The summed E-state index contributed by atoms with van der Waals surface area (Å²) in [6.45, 7) is 6.17. The number of rotatable bonds is 5. The Hall–Kier alpha value is -3.35. The van der Waals surface area contributed by atoms with E-state index in [-0.39, 0.29) is 17.5 Å². The number of halogens is 2. The molecule has 1 amide bonds. The summed E-state index contributed by atoms with van der Waals surface area (Å²) in [5.74, 6) is 0.783. The van der Waals surface area contributed by atoms with Crippen LogP contribution in [0.15, 0.2) is 48.5 Å². The van der Waals surface area contributed by atoms with Crippen LogP contribution in [-0.4, -0.2) is 47.0 Å². The summed E-state index contributed by atoms with van der Waals surface area (Å²) in [6.07, 6.45) is 1.14. The van der Waals surface area contributed by atoms with Crippen LogP contribution in [0.3, 0.4) is 0 Å². The third-order valence-electron chi connectivity index (χ3n) is 5.80. The lowest BCUT2D eigenvalue weighted by molar-refractivity contribution is 0.0746. The SMILES string of the molecule is CCc1nc(C)nc(N2CCN(C(=O)c3ccc(F)cc3)CC2)c1Cc1ccccc1F. The molecule has 0 radical (unpaired) electrons. The van der Waals surface area contributed by atoms with Gasteiger partial charge in [-0.1, -0.05) is 25.1 Å². The number of benzene rings is 2. The van der Waals surface area contributed by atoms with Gasteiger partial charge in [-0.05, 0) is 49.2 Å². The molecule has 5 nitrogen and oxygen atoms in total. The van der Waals surface area contributed by atoms with Crippen molar-refractivity contribution in [1.82, 2.24) is 14.9 Å². The van der Waals surface area contributed by atoms with Crippen LogP contribution in [0, 0.1) is 18.6 Å². The molecule has 4 rings (SSSR count). The number of carbonyl (C=O) groups is 1. The van der Waals surface area contributed by atoms with Crippen LogP contribution in [-0.2, 0) is 12.8 Å². The molecule has 3 aromatic rings. The first kappa shape index (κ1) is 21.9. The standard InChI is InChI=1S/C25H26F2N4O/c1-3-23-21(16-19-6-4-5-7-22(19)27)24(29-17(2)28-23)30-12-14-31(15-13-30)25(32)18-8-10-20(26)11-9-18/h4-11H,3,12-16H2,1-2H3. The van der Waals surface area contributed by atoms with Gasteiger partial charge in [0.05, 0.1) is 0 Å². The molecule has 0 unspecified atom stereocenters. The maximum Gasteiger partial charge on any atom is 0.253 e. The van der Waals surface area contributed by atoms with Crippen molar-refractivity contribution in [1.29, 1.82) is 0 Å². The number of anilines is 1. The fourth-order valence-electron chi connectivity index (χ4n) is 4.10. The Kier molecular flexibility index (Phi) is 6.44. The Morgan fingerprint density at radius 3 is 2.31 bits per heavy atom. The second-order valence-electron chi connectivity index (χ2n) is 7.93. The molecule has 2 aromatic carbocycles. The van der Waals surface area contributed by atoms with Crippen LogP contribution >= 0.6 is 0 Å². The van der Waals surface area contributed by atoms with Crippen LogP contribution in [0.4, 0.5) is 14.6 Å². The zero-order valence-corrected chi connectivity index (χ0v) is 18.3. The lowest BCUT2D eigenvalue weighted by atomic mass is 10.0. The topological polar surface area (TPSA) is 49.3 Å². The second kappa shape index (κ2) is 9.42. The Morgan fingerprint density at radius 2 is 1.66 bits per heavy atom. The van der Waals surface area contributed by atoms with Gasteiger partial charge in [0.1, 0.15) is 23.3 Å². The lowest BCUT2D eigenvalue weighted by Crippen LogP contribution is -2.49. The van der Waals surface area contributed by atoms with Crippen molar-refractivity contribution in [3.8, 4) is 0 Å². The smallest absolute Gasteiger partial charge is 0.253 e. The van der Waals surface area contributed by atoms with Crippen molar-refractivity contribution in [2.45, 2.75) is 26.7 Å². The highest BCUT2D eigenvalue weighted by Crippen LogP contribution is 2.27. The molecule has 7 heteroatoms. The van der Waals surface area contributed by atoms with Crippen LogP contribution in [0.25, 0.3) is 0 Å². The van der Waals surface area contributed by atoms with E-state index in [4.69, 9.17) is 4.98 Å². The minimum Gasteiger partial charge on any atom is -0.353 e. The van der Waals surface area contributed by atoms with Gasteiger partial charge in [-0.2, -0.15) is 0 Å². The van der Waals surface area contributed by atoms with E-state index in [0.29, 0.717) is 49.6 Å². The lowest BCUT2D eigenvalue weighted by Gasteiger charge is -2.36. The monoisotopic (exact) mass is 436 g/mol. The Morgan fingerprint density at radius 1 is 0.969 bits per heavy atom. The Labute approximate surface area is 186 Å². The maximum absolute atomic E-state index is 14.4. The van der Waals surface area contributed by atoms with Gasteiger partial charge in [0.15, 0.2) is 0 Å². The predicted molar refractivity (Wildman–Crippen MR) is 120 cm³/mol. The van der Waals surface area contributed by atoms with E-state index < -0.39 is 0 Å². The summed E-state index contributed by atoms with van der Waals surface area (Å²) in [4.78, 5) is 26.0. The quantitative estimate of drug-likeness (QED) is 0.602. The van der Waals surface area contributed by atoms with E-state index in [2.05, 4.69) is 9.88 Å². The van der Waals surface area contributed by atoms with Crippen molar-refractivity contribution in [3.63, 3.8) is 0 Å². The van der Waals surface area contributed by atoms with Crippen molar-refractivity contribution >= 4 is 11.7 Å². The molecular formula is C25H26F2N4O. The van der Waals surface area contributed by atoms with E-state index >= 15 is 0 Å². The van der Waals surface area contributed by atoms with Crippen molar-refractivity contribution < 1.29 is 13.6 Å². The number of hydrogen-bond donors (Lipinski definition) is 0. The van der Waals surface area contributed by atoms with Gasteiger partial charge in [0, 0.05) is 49.4 Å². The van der Waals surface area contributed by atoms with Crippen LogP contribution < -0.4 is 4.90 Å². The van der Waals surface area contributed by atoms with Crippen LogP contribution in [0.5, 0.6) is 0 Å². The van der Waals surface area contributed by atoms with Gasteiger partial charge < -0.3 is 9.80 Å². The molecule has 0 atom stereocenters. The molecule has 166 valence electrons. The molecule has 32 heavy (non-hydrogen) atoms. The highest BCUT2D eigenvalue weighted by atomic mass is 19.1. The third-order valence-corrected chi connectivity index (χ3v) is 5.80. The number of amides is 1. The number of carbonyl (C=O) groups excluding carboxylic acids is 1. The van der Waals surface area contributed by atoms with Crippen LogP contribution in [0.1, 0.15) is 39.9 Å². The highest BCUT2D eigenvalue weighted by molar-refractivity contribution is 5.94. The minimum atomic E-state index is -0.361. The summed E-state index contributed by atoms with van der Waals surface area (Å²) in [7, 11) is 0. The second-order valence-corrected chi connectivity index (χ2v) is 7.93.